The summed E-state index contributed by atoms with van der Waals surface area (Å²) in [7, 11) is -3.36. The van der Waals surface area contributed by atoms with Gasteiger partial charge in [0.25, 0.3) is 0 Å². The molecule has 0 saturated carbocycles. The molecule has 26 heavy (non-hydrogen) atoms. The molecule has 0 atom stereocenters. The molecule has 0 aromatic heterocycles. The van der Waals surface area contributed by atoms with Crippen LogP contribution in [0.4, 0.5) is 0 Å². The van der Waals surface area contributed by atoms with Crippen molar-refractivity contribution < 1.29 is 27.2 Å². The lowest BCUT2D eigenvalue weighted by molar-refractivity contribution is 0.230. The van der Waals surface area contributed by atoms with Crippen molar-refractivity contribution in [1.29, 1.82) is 0 Å². The molecular weight excluding hydrogens is 374 g/mol. The highest BCUT2D eigenvalue weighted by Gasteiger charge is 2.25. The highest BCUT2D eigenvalue weighted by Crippen LogP contribution is 2.46. The zero-order valence-electron chi connectivity index (χ0n) is 15.5. The van der Waals surface area contributed by atoms with Gasteiger partial charge in [0.1, 0.15) is 0 Å². The molecule has 0 N–H and O–H groups in total. The van der Waals surface area contributed by atoms with Gasteiger partial charge >= 0.3 is 15.2 Å². The minimum absolute atomic E-state index is 0.381. The number of hydrogen-bond donors (Lipinski definition) is 0. The van der Waals surface area contributed by atoms with E-state index in [9.17, 15) is 9.13 Å². The second kappa shape index (κ2) is 11.5. The Bertz CT molecular complexity index is 703. The largest absolute Gasteiger partial charge is 0.361 e. The van der Waals surface area contributed by atoms with Gasteiger partial charge in [0.05, 0.1) is 23.8 Å². The van der Waals surface area contributed by atoms with Crippen LogP contribution in [0.1, 0.15) is 13.8 Å². The third kappa shape index (κ3) is 6.48. The Balaban J connectivity index is 0.000000263. The van der Waals surface area contributed by atoms with Crippen LogP contribution in [0.3, 0.4) is 0 Å². The predicted molar refractivity (Wildman–Crippen MR) is 105 cm³/mol. The second-order valence-electron chi connectivity index (χ2n) is 4.87. The van der Waals surface area contributed by atoms with Crippen molar-refractivity contribution in [2.75, 3.05) is 27.4 Å². The molecule has 2 aromatic rings. The van der Waals surface area contributed by atoms with E-state index in [4.69, 9.17) is 18.1 Å². The number of rotatable bonds is 8. The van der Waals surface area contributed by atoms with Gasteiger partial charge in [-0.1, -0.05) is 36.4 Å². The summed E-state index contributed by atoms with van der Waals surface area (Å²) < 4.78 is 43.9. The average molecular weight is 400 g/mol. The Hall–Kier alpha value is -1.26. The first-order valence-corrected chi connectivity index (χ1v) is 11.3. The van der Waals surface area contributed by atoms with Crippen molar-refractivity contribution in [3.05, 3.63) is 60.7 Å². The molecule has 0 aliphatic carbocycles. The lowest BCUT2D eigenvalue weighted by Gasteiger charge is -2.16. The molecule has 8 heteroatoms. The van der Waals surface area contributed by atoms with E-state index >= 15 is 0 Å². The van der Waals surface area contributed by atoms with E-state index < -0.39 is 15.2 Å². The van der Waals surface area contributed by atoms with Gasteiger partial charge in [-0.15, -0.1) is 0 Å². The van der Waals surface area contributed by atoms with Gasteiger partial charge in [-0.05, 0) is 38.1 Å². The van der Waals surface area contributed by atoms with Gasteiger partial charge in [0.2, 0.25) is 0 Å². The van der Waals surface area contributed by atoms with Crippen molar-refractivity contribution in [3.8, 4) is 0 Å². The first kappa shape index (κ1) is 22.8. The summed E-state index contributed by atoms with van der Waals surface area (Å²) >= 11 is 0. The van der Waals surface area contributed by atoms with Crippen molar-refractivity contribution in [2.24, 2.45) is 0 Å². The van der Waals surface area contributed by atoms with Crippen LogP contribution in [0.15, 0.2) is 60.7 Å². The lowest BCUT2D eigenvalue weighted by Crippen LogP contribution is -2.09. The molecule has 0 unspecified atom stereocenters. The smallest absolute Gasteiger partial charge is 0.309 e. The van der Waals surface area contributed by atoms with Crippen molar-refractivity contribution >= 4 is 25.8 Å². The van der Waals surface area contributed by atoms with Gasteiger partial charge < -0.3 is 18.1 Å². The molecule has 0 aliphatic heterocycles. The van der Waals surface area contributed by atoms with E-state index in [1.54, 1.807) is 50.2 Å². The molecule has 144 valence electrons. The zero-order valence-corrected chi connectivity index (χ0v) is 17.3. The molecule has 0 fully saturated rings. The van der Waals surface area contributed by atoms with Crippen molar-refractivity contribution in [1.82, 2.24) is 0 Å². The minimum atomic E-state index is -3.07. The summed E-state index contributed by atoms with van der Waals surface area (Å²) in [6.07, 6.45) is 0. The first-order valence-electron chi connectivity index (χ1n) is 8.17. The molecular formula is C18H26O6P2. The maximum atomic E-state index is 12.2. The van der Waals surface area contributed by atoms with Crippen LogP contribution < -0.4 is 10.6 Å². The maximum Gasteiger partial charge on any atom is 0.361 e. The summed E-state index contributed by atoms with van der Waals surface area (Å²) in [6.45, 7) is 4.36. The molecule has 0 heterocycles. The van der Waals surface area contributed by atoms with Crippen LogP contribution in [0.25, 0.3) is 0 Å². The van der Waals surface area contributed by atoms with Crippen LogP contribution in [0, 0.1) is 0 Å². The molecule has 0 bridgehead atoms. The summed E-state index contributed by atoms with van der Waals surface area (Å²) in [5, 5.41) is 1.19. The molecule has 0 amide bonds. The Labute approximate surface area is 155 Å². The Morgan fingerprint density at radius 1 is 0.654 bits per heavy atom. The normalized spacial score (nSPS) is 11.5. The molecule has 6 nitrogen and oxygen atoms in total. The van der Waals surface area contributed by atoms with Gasteiger partial charge in [-0.25, -0.2) is 0 Å². The lowest BCUT2D eigenvalue weighted by atomic mass is 10.4. The third-order valence-corrected chi connectivity index (χ3v) is 7.24. The fraction of sp³-hybridized carbons (Fsp3) is 0.333. The monoisotopic (exact) mass is 400 g/mol. The predicted octanol–water partition coefficient (Wildman–Crippen LogP) is 4.38. The molecule has 0 aliphatic rings. The van der Waals surface area contributed by atoms with E-state index in [1.807, 2.05) is 24.3 Å². The van der Waals surface area contributed by atoms with Crippen LogP contribution in [0.5, 0.6) is 0 Å². The standard InChI is InChI=1S/C10H15O3P.C8H11O3P/c1-3-12-14(11,13-4-2)10-8-6-5-7-9-10;1-10-12(9,11-2)8-6-4-3-5-7-8/h5-9H,3-4H2,1-2H3;3-7H,1-2H3. The van der Waals surface area contributed by atoms with Crippen LogP contribution in [0.2, 0.25) is 0 Å². The molecule has 0 saturated heterocycles. The molecule has 2 aromatic carbocycles. The van der Waals surface area contributed by atoms with Gasteiger partial charge in [-0.2, -0.15) is 0 Å². The first-order chi connectivity index (χ1) is 12.5. The van der Waals surface area contributed by atoms with Crippen molar-refractivity contribution in [3.63, 3.8) is 0 Å². The van der Waals surface area contributed by atoms with Crippen LogP contribution >= 0.6 is 15.2 Å². The molecule has 2 rings (SSSR count). The fourth-order valence-electron chi connectivity index (χ4n) is 2.03. The summed E-state index contributed by atoms with van der Waals surface area (Å²) in [5.41, 5.74) is 0. The summed E-state index contributed by atoms with van der Waals surface area (Å²) in [4.78, 5) is 0. The third-order valence-electron chi connectivity index (χ3n) is 3.22. The van der Waals surface area contributed by atoms with E-state index in [0.717, 1.165) is 0 Å². The second-order valence-corrected chi connectivity index (χ2v) is 9.14. The number of hydrogen-bond acceptors (Lipinski definition) is 6. The summed E-state index contributed by atoms with van der Waals surface area (Å²) in [5.74, 6) is 0. The highest BCUT2D eigenvalue weighted by molar-refractivity contribution is 7.62. The van der Waals surface area contributed by atoms with E-state index in [-0.39, 0.29) is 0 Å². The van der Waals surface area contributed by atoms with Gasteiger partial charge in [0.15, 0.2) is 0 Å². The SMILES string of the molecule is CCOP(=O)(OCC)c1ccccc1.COP(=O)(OC)c1ccccc1. The Morgan fingerprint density at radius 2 is 1.00 bits per heavy atom. The van der Waals surface area contributed by atoms with Crippen LogP contribution in [-0.4, -0.2) is 27.4 Å². The van der Waals surface area contributed by atoms with Gasteiger partial charge in [-0.3, -0.25) is 9.13 Å². The quantitative estimate of drug-likeness (QED) is 0.613. The van der Waals surface area contributed by atoms with E-state index in [1.165, 1.54) is 14.2 Å². The topological polar surface area (TPSA) is 71.1 Å². The maximum absolute atomic E-state index is 12.2. The van der Waals surface area contributed by atoms with Gasteiger partial charge in [0, 0.05) is 14.2 Å². The molecule has 0 radical (unpaired) electrons. The van der Waals surface area contributed by atoms with Crippen LogP contribution in [-0.2, 0) is 27.2 Å². The van der Waals surface area contributed by atoms with E-state index in [2.05, 4.69) is 0 Å². The average Bonchev–Trinajstić information content (AvgIpc) is 2.69. The molecule has 0 spiro atoms. The Kier molecular flexibility index (Phi) is 10.0. The van der Waals surface area contributed by atoms with Crippen molar-refractivity contribution in [2.45, 2.75) is 13.8 Å². The number of benzene rings is 2. The summed E-state index contributed by atoms with van der Waals surface area (Å²) in [6, 6.07) is 17.9. The minimum Gasteiger partial charge on any atom is -0.309 e. The fourth-order valence-corrected chi connectivity index (χ4v) is 4.73. The van der Waals surface area contributed by atoms with E-state index in [0.29, 0.717) is 23.8 Å². The highest BCUT2D eigenvalue weighted by atomic mass is 31.2. The Morgan fingerprint density at radius 3 is 1.31 bits per heavy atom. The zero-order chi connectivity index (χ0) is 19.5.